The predicted octanol–water partition coefficient (Wildman–Crippen LogP) is 1.99. The van der Waals surface area contributed by atoms with Gasteiger partial charge < -0.3 is 15.3 Å². The van der Waals surface area contributed by atoms with Crippen molar-refractivity contribution in [2.75, 3.05) is 29.9 Å². The largest absolute Gasteiger partial charge is 0.394 e. The fraction of sp³-hybridized carbons (Fsp3) is 0.538. The Morgan fingerprint density at radius 3 is 2.95 bits per heavy atom. The number of anilines is 2. The fourth-order valence-corrected chi connectivity index (χ4v) is 2.54. The number of hydrogen-bond acceptors (Lipinski definition) is 5. The Hall–Kier alpha value is -1.82. The molecule has 1 unspecified atom stereocenters. The molecule has 0 aromatic heterocycles. The van der Waals surface area contributed by atoms with Gasteiger partial charge >= 0.3 is 0 Å². The van der Waals surface area contributed by atoms with Crippen molar-refractivity contribution < 1.29 is 10.0 Å². The van der Waals surface area contributed by atoms with Crippen molar-refractivity contribution in [2.45, 2.75) is 25.8 Å². The third-order valence-electron chi connectivity index (χ3n) is 3.41. The van der Waals surface area contributed by atoms with E-state index >= 15 is 0 Å². The van der Waals surface area contributed by atoms with Crippen LogP contribution in [0.4, 0.5) is 17.1 Å². The number of benzene rings is 1. The molecule has 6 heteroatoms. The van der Waals surface area contributed by atoms with Crippen LogP contribution in [0.15, 0.2) is 18.2 Å². The first-order valence-corrected chi connectivity index (χ1v) is 6.56. The van der Waals surface area contributed by atoms with E-state index < -0.39 is 0 Å². The van der Waals surface area contributed by atoms with Crippen molar-refractivity contribution >= 4 is 17.1 Å². The number of nitro groups is 1. The van der Waals surface area contributed by atoms with E-state index in [9.17, 15) is 15.2 Å². The molecule has 2 N–H and O–H groups in total. The van der Waals surface area contributed by atoms with Gasteiger partial charge in [0.15, 0.2) is 0 Å². The Morgan fingerprint density at radius 1 is 1.53 bits per heavy atom. The zero-order valence-corrected chi connectivity index (χ0v) is 11.0. The van der Waals surface area contributed by atoms with Gasteiger partial charge in [-0.15, -0.1) is 0 Å². The Bertz CT molecular complexity index is 464. The fourth-order valence-electron chi connectivity index (χ4n) is 2.54. The van der Waals surface area contributed by atoms with E-state index in [1.807, 2.05) is 17.9 Å². The highest BCUT2D eigenvalue weighted by Crippen LogP contribution is 2.31. The molecular weight excluding hydrogens is 246 g/mol. The van der Waals surface area contributed by atoms with Crippen LogP contribution in [0.5, 0.6) is 0 Å². The van der Waals surface area contributed by atoms with Gasteiger partial charge in [-0.2, -0.15) is 0 Å². The molecule has 0 bridgehead atoms. The summed E-state index contributed by atoms with van der Waals surface area (Å²) in [5, 5.41) is 23.4. The van der Waals surface area contributed by atoms with Crippen LogP contribution in [0.2, 0.25) is 0 Å². The molecular formula is C13H19N3O3. The Balaban J connectivity index is 2.35. The number of hydrogen-bond donors (Lipinski definition) is 2. The van der Waals surface area contributed by atoms with Gasteiger partial charge in [0.25, 0.3) is 5.69 Å². The zero-order chi connectivity index (χ0) is 13.8. The molecule has 1 atom stereocenters. The van der Waals surface area contributed by atoms with E-state index in [0.717, 1.165) is 30.8 Å². The van der Waals surface area contributed by atoms with Gasteiger partial charge in [-0.25, -0.2) is 0 Å². The molecule has 1 saturated heterocycles. The lowest BCUT2D eigenvalue weighted by Gasteiger charge is -2.25. The molecule has 1 aromatic rings. The summed E-state index contributed by atoms with van der Waals surface area (Å²) in [7, 11) is 0. The summed E-state index contributed by atoms with van der Waals surface area (Å²) in [6.45, 7) is 3.58. The summed E-state index contributed by atoms with van der Waals surface area (Å²) in [6.07, 6.45) is 1.93. The molecule has 6 nitrogen and oxygen atoms in total. The van der Waals surface area contributed by atoms with Crippen molar-refractivity contribution in [3.05, 3.63) is 28.3 Å². The molecule has 1 heterocycles. The number of non-ortho nitro benzene ring substituents is 1. The topological polar surface area (TPSA) is 78.6 Å². The standard InChI is InChI=1S/C13H19N3O3/c1-2-14-10-6-12(8-13(7-10)16(18)19)15-5-3-4-11(15)9-17/h6-8,11,14,17H,2-5,9H2,1H3. The second-order valence-corrected chi connectivity index (χ2v) is 4.70. The smallest absolute Gasteiger partial charge is 0.273 e. The highest BCUT2D eigenvalue weighted by Gasteiger charge is 2.25. The van der Waals surface area contributed by atoms with Crippen LogP contribution in [0.1, 0.15) is 19.8 Å². The first kappa shape index (κ1) is 13.6. The molecule has 0 radical (unpaired) electrons. The minimum absolute atomic E-state index is 0.0662. The van der Waals surface area contributed by atoms with Gasteiger partial charge in [-0.05, 0) is 25.8 Å². The van der Waals surface area contributed by atoms with Crippen LogP contribution in [0.3, 0.4) is 0 Å². The molecule has 1 aliphatic heterocycles. The van der Waals surface area contributed by atoms with Crippen LogP contribution in [0.25, 0.3) is 0 Å². The van der Waals surface area contributed by atoms with Crippen molar-refractivity contribution in [1.29, 1.82) is 0 Å². The lowest BCUT2D eigenvalue weighted by atomic mass is 10.2. The molecule has 1 aromatic carbocycles. The van der Waals surface area contributed by atoms with Crippen molar-refractivity contribution in [3.8, 4) is 0 Å². The number of nitrogens with zero attached hydrogens (tertiary/aromatic N) is 2. The van der Waals surface area contributed by atoms with E-state index in [-0.39, 0.29) is 23.3 Å². The van der Waals surface area contributed by atoms with E-state index in [2.05, 4.69) is 5.32 Å². The van der Waals surface area contributed by atoms with Crippen molar-refractivity contribution in [3.63, 3.8) is 0 Å². The van der Waals surface area contributed by atoms with Gasteiger partial charge in [-0.1, -0.05) is 0 Å². The maximum atomic E-state index is 11.0. The summed E-state index contributed by atoms with van der Waals surface area (Å²) in [5.41, 5.74) is 1.63. The predicted molar refractivity (Wildman–Crippen MR) is 74.7 cm³/mol. The maximum absolute atomic E-state index is 11.0. The lowest BCUT2D eigenvalue weighted by molar-refractivity contribution is -0.384. The monoisotopic (exact) mass is 265 g/mol. The normalized spacial score (nSPS) is 18.6. The first-order chi connectivity index (χ1) is 9.15. The van der Waals surface area contributed by atoms with Crippen LogP contribution < -0.4 is 10.2 Å². The number of nitro benzene ring substituents is 1. The van der Waals surface area contributed by atoms with E-state index in [0.29, 0.717) is 6.54 Å². The second-order valence-electron chi connectivity index (χ2n) is 4.70. The average molecular weight is 265 g/mol. The van der Waals surface area contributed by atoms with Crippen molar-refractivity contribution in [2.24, 2.45) is 0 Å². The maximum Gasteiger partial charge on any atom is 0.273 e. The first-order valence-electron chi connectivity index (χ1n) is 6.56. The van der Waals surface area contributed by atoms with E-state index in [1.54, 1.807) is 6.07 Å². The lowest BCUT2D eigenvalue weighted by Crippen LogP contribution is -2.32. The van der Waals surface area contributed by atoms with Crippen LogP contribution >= 0.6 is 0 Å². The van der Waals surface area contributed by atoms with Crippen LogP contribution in [-0.2, 0) is 0 Å². The number of rotatable bonds is 5. The Kier molecular flexibility index (Phi) is 4.21. The number of aliphatic hydroxyl groups is 1. The average Bonchev–Trinajstić information content (AvgIpc) is 2.87. The highest BCUT2D eigenvalue weighted by atomic mass is 16.6. The molecule has 0 amide bonds. The Labute approximate surface area is 112 Å². The minimum atomic E-state index is -0.381. The second kappa shape index (κ2) is 5.88. The van der Waals surface area contributed by atoms with Gasteiger partial charge in [0, 0.05) is 36.6 Å². The summed E-state index contributed by atoms with van der Waals surface area (Å²) < 4.78 is 0. The third kappa shape index (κ3) is 2.96. The summed E-state index contributed by atoms with van der Waals surface area (Å²) in [6, 6.07) is 5.09. The SMILES string of the molecule is CCNc1cc(N2CCCC2CO)cc([N+](=O)[O-])c1. The van der Waals surface area contributed by atoms with Crippen molar-refractivity contribution in [1.82, 2.24) is 0 Å². The van der Waals surface area contributed by atoms with Gasteiger partial charge in [0.1, 0.15) is 0 Å². The molecule has 0 spiro atoms. The zero-order valence-electron chi connectivity index (χ0n) is 11.0. The van der Waals surface area contributed by atoms with Gasteiger partial charge in [0.05, 0.1) is 17.6 Å². The number of nitrogens with one attached hydrogen (secondary N) is 1. The van der Waals surface area contributed by atoms with Gasteiger partial charge in [-0.3, -0.25) is 10.1 Å². The highest BCUT2D eigenvalue weighted by molar-refractivity contribution is 5.65. The van der Waals surface area contributed by atoms with Crippen LogP contribution in [-0.4, -0.2) is 35.8 Å². The molecule has 1 aliphatic rings. The van der Waals surface area contributed by atoms with Gasteiger partial charge in [0.2, 0.25) is 0 Å². The number of aliphatic hydroxyl groups excluding tert-OH is 1. The summed E-state index contributed by atoms with van der Waals surface area (Å²) in [5.74, 6) is 0. The molecule has 0 aliphatic carbocycles. The molecule has 19 heavy (non-hydrogen) atoms. The summed E-state index contributed by atoms with van der Waals surface area (Å²) in [4.78, 5) is 12.7. The molecule has 1 fully saturated rings. The minimum Gasteiger partial charge on any atom is -0.394 e. The third-order valence-corrected chi connectivity index (χ3v) is 3.41. The summed E-state index contributed by atoms with van der Waals surface area (Å²) >= 11 is 0. The Morgan fingerprint density at radius 2 is 2.32 bits per heavy atom. The molecule has 0 saturated carbocycles. The quantitative estimate of drug-likeness (QED) is 0.628. The van der Waals surface area contributed by atoms with E-state index in [4.69, 9.17) is 0 Å². The molecule has 104 valence electrons. The van der Waals surface area contributed by atoms with Crippen LogP contribution in [0, 0.1) is 10.1 Å². The van der Waals surface area contributed by atoms with E-state index in [1.165, 1.54) is 6.07 Å². The molecule has 2 rings (SSSR count).